The van der Waals surface area contributed by atoms with E-state index in [1.807, 2.05) is 0 Å². The van der Waals surface area contributed by atoms with Crippen LogP contribution in [0, 0.1) is 0 Å². The summed E-state index contributed by atoms with van der Waals surface area (Å²) in [5.74, 6) is 1.11. The number of nitrogens with two attached hydrogens (primary N) is 1. The lowest BCUT2D eigenvalue weighted by atomic mass is 9.91. The summed E-state index contributed by atoms with van der Waals surface area (Å²) in [5, 5.41) is 0. The van der Waals surface area contributed by atoms with E-state index in [0.29, 0.717) is 0 Å². The van der Waals surface area contributed by atoms with Crippen LogP contribution < -0.4 is 10.5 Å². The molecule has 0 bridgehead atoms. The van der Waals surface area contributed by atoms with Crippen LogP contribution in [0.3, 0.4) is 0 Å². The second-order valence-electron chi connectivity index (χ2n) is 6.27. The van der Waals surface area contributed by atoms with Crippen LogP contribution >= 0.6 is 0 Å². The van der Waals surface area contributed by atoms with E-state index >= 15 is 0 Å². The summed E-state index contributed by atoms with van der Waals surface area (Å²) >= 11 is 0. The van der Waals surface area contributed by atoms with Crippen molar-refractivity contribution in [1.82, 2.24) is 0 Å². The van der Waals surface area contributed by atoms with Crippen LogP contribution in [-0.4, -0.2) is 12.1 Å². The number of rotatable bonds is 4. The Balaban J connectivity index is 1.61. The number of benzene rings is 1. The lowest BCUT2D eigenvalue weighted by Crippen LogP contribution is -2.37. The second-order valence-corrected chi connectivity index (χ2v) is 6.27. The minimum absolute atomic E-state index is 0.0504. The first kappa shape index (κ1) is 13.0. The third kappa shape index (κ3) is 2.94. The van der Waals surface area contributed by atoms with Crippen molar-refractivity contribution in [2.45, 2.75) is 63.3 Å². The van der Waals surface area contributed by atoms with Crippen molar-refractivity contribution in [1.29, 1.82) is 0 Å². The zero-order valence-electron chi connectivity index (χ0n) is 11.8. The number of hydrogen-bond donors (Lipinski definition) is 1. The lowest BCUT2D eigenvalue weighted by molar-refractivity contribution is 0.256. The van der Waals surface area contributed by atoms with E-state index in [9.17, 15) is 0 Å². The van der Waals surface area contributed by atoms with Crippen molar-refractivity contribution in [3.8, 4) is 5.75 Å². The van der Waals surface area contributed by atoms with Gasteiger partial charge in [0.05, 0.1) is 6.61 Å². The maximum atomic E-state index is 6.38. The summed E-state index contributed by atoms with van der Waals surface area (Å²) in [6, 6.07) is 6.51. The highest BCUT2D eigenvalue weighted by Gasteiger charge is 2.29. The molecule has 0 heterocycles. The molecule has 19 heavy (non-hydrogen) atoms. The van der Waals surface area contributed by atoms with E-state index < -0.39 is 0 Å². The lowest BCUT2D eigenvalue weighted by Gasteiger charge is -2.24. The molecular weight excluding hydrogens is 234 g/mol. The average Bonchev–Trinajstić information content (AvgIpc) is 2.86. The molecule has 0 amide bonds. The highest BCUT2D eigenvalue weighted by Crippen LogP contribution is 2.32. The van der Waals surface area contributed by atoms with E-state index in [2.05, 4.69) is 18.2 Å². The van der Waals surface area contributed by atoms with E-state index in [0.717, 1.165) is 18.8 Å². The van der Waals surface area contributed by atoms with Crippen LogP contribution in [-0.2, 0) is 12.8 Å². The zero-order chi connectivity index (χ0) is 13.1. The Morgan fingerprint density at radius 2 is 1.84 bits per heavy atom. The van der Waals surface area contributed by atoms with E-state index in [1.54, 1.807) is 0 Å². The highest BCUT2D eigenvalue weighted by atomic mass is 16.5. The van der Waals surface area contributed by atoms with Gasteiger partial charge in [-0.15, -0.1) is 0 Å². The molecule has 0 saturated heterocycles. The van der Waals surface area contributed by atoms with Gasteiger partial charge in [-0.1, -0.05) is 25.0 Å². The zero-order valence-corrected chi connectivity index (χ0v) is 11.8. The van der Waals surface area contributed by atoms with Crippen LogP contribution in [0.1, 0.15) is 56.1 Å². The van der Waals surface area contributed by atoms with E-state index in [1.165, 1.54) is 62.5 Å². The maximum absolute atomic E-state index is 6.38. The first-order valence-corrected chi connectivity index (χ1v) is 7.79. The molecule has 104 valence electrons. The van der Waals surface area contributed by atoms with Gasteiger partial charge in [0.2, 0.25) is 0 Å². The fourth-order valence-electron chi connectivity index (χ4n) is 3.57. The Hall–Kier alpha value is -1.02. The smallest absolute Gasteiger partial charge is 0.122 e. The third-order valence-electron chi connectivity index (χ3n) is 4.81. The summed E-state index contributed by atoms with van der Waals surface area (Å²) < 4.78 is 6.05. The SMILES string of the molecule is NC1(CCOc2cccc3c2CCCC3)CCCC1. The topological polar surface area (TPSA) is 35.2 Å². The van der Waals surface area contributed by atoms with Crippen molar-refractivity contribution in [2.75, 3.05) is 6.61 Å². The molecular formula is C17H25NO. The Morgan fingerprint density at radius 3 is 2.68 bits per heavy atom. The van der Waals surface area contributed by atoms with Gasteiger partial charge >= 0.3 is 0 Å². The molecule has 1 aromatic rings. The summed E-state index contributed by atoms with van der Waals surface area (Å²) in [5.41, 5.74) is 9.37. The van der Waals surface area contributed by atoms with Gasteiger partial charge in [-0.3, -0.25) is 0 Å². The molecule has 2 heteroatoms. The molecule has 0 aromatic heterocycles. The van der Waals surface area contributed by atoms with E-state index in [-0.39, 0.29) is 5.54 Å². The van der Waals surface area contributed by atoms with Crippen molar-refractivity contribution < 1.29 is 4.74 Å². The summed E-state index contributed by atoms with van der Waals surface area (Å²) in [6.07, 6.45) is 10.9. The van der Waals surface area contributed by atoms with Gasteiger partial charge in [-0.25, -0.2) is 0 Å². The minimum atomic E-state index is 0.0504. The maximum Gasteiger partial charge on any atom is 0.122 e. The van der Waals surface area contributed by atoms with Crippen molar-refractivity contribution in [3.63, 3.8) is 0 Å². The molecule has 0 radical (unpaired) electrons. The fourth-order valence-corrected chi connectivity index (χ4v) is 3.57. The molecule has 3 rings (SSSR count). The predicted molar refractivity (Wildman–Crippen MR) is 78.6 cm³/mol. The number of fused-ring (bicyclic) bond motifs is 1. The average molecular weight is 259 g/mol. The molecule has 0 atom stereocenters. The quantitative estimate of drug-likeness (QED) is 0.896. The number of ether oxygens (including phenoxy) is 1. The first-order valence-electron chi connectivity index (χ1n) is 7.79. The Morgan fingerprint density at radius 1 is 1.05 bits per heavy atom. The van der Waals surface area contributed by atoms with Crippen LogP contribution in [0.25, 0.3) is 0 Å². The third-order valence-corrected chi connectivity index (χ3v) is 4.81. The molecule has 0 unspecified atom stereocenters. The van der Waals surface area contributed by atoms with Gasteiger partial charge in [0.25, 0.3) is 0 Å². The normalized spacial score (nSPS) is 21.1. The second kappa shape index (κ2) is 5.54. The van der Waals surface area contributed by atoms with Crippen molar-refractivity contribution >= 4 is 0 Å². The van der Waals surface area contributed by atoms with E-state index in [4.69, 9.17) is 10.5 Å². The molecule has 1 fully saturated rings. The van der Waals surface area contributed by atoms with Gasteiger partial charge in [0.1, 0.15) is 5.75 Å². The molecule has 0 aliphatic heterocycles. The first-order chi connectivity index (χ1) is 9.27. The van der Waals surface area contributed by atoms with Gasteiger partial charge in [0, 0.05) is 5.54 Å². The summed E-state index contributed by atoms with van der Waals surface area (Å²) in [6.45, 7) is 0.771. The Kier molecular flexibility index (Phi) is 3.79. The van der Waals surface area contributed by atoms with Crippen LogP contribution in [0.5, 0.6) is 5.75 Å². The van der Waals surface area contributed by atoms with Gasteiger partial charge in [-0.2, -0.15) is 0 Å². The standard InChI is InChI=1S/C17H25NO/c18-17(10-3-4-11-17)12-13-19-16-9-5-7-14-6-1-2-8-15(14)16/h5,7,9H,1-4,6,8,10-13,18H2. The van der Waals surface area contributed by atoms with Crippen LogP contribution in [0.4, 0.5) is 0 Å². The fraction of sp³-hybridized carbons (Fsp3) is 0.647. The molecule has 0 spiro atoms. The van der Waals surface area contributed by atoms with Gasteiger partial charge < -0.3 is 10.5 Å². The predicted octanol–water partition coefficient (Wildman–Crippen LogP) is 3.61. The summed E-state index contributed by atoms with van der Waals surface area (Å²) in [7, 11) is 0. The summed E-state index contributed by atoms with van der Waals surface area (Å²) in [4.78, 5) is 0. The minimum Gasteiger partial charge on any atom is -0.493 e. The number of aryl methyl sites for hydroxylation is 1. The van der Waals surface area contributed by atoms with Crippen molar-refractivity contribution in [2.24, 2.45) is 5.73 Å². The molecule has 2 aliphatic carbocycles. The Bertz CT molecular complexity index is 435. The number of hydrogen-bond acceptors (Lipinski definition) is 2. The van der Waals surface area contributed by atoms with Gasteiger partial charge in [0.15, 0.2) is 0 Å². The molecule has 1 saturated carbocycles. The Labute approximate surface area is 116 Å². The molecule has 2 N–H and O–H groups in total. The van der Waals surface area contributed by atoms with Crippen LogP contribution in [0.2, 0.25) is 0 Å². The molecule has 2 aliphatic rings. The molecule has 2 nitrogen and oxygen atoms in total. The highest BCUT2D eigenvalue weighted by molar-refractivity contribution is 5.41. The van der Waals surface area contributed by atoms with Crippen molar-refractivity contribution in [3.05, 3.63) is 29.3 Å². The van der Waals surface area contributed by atoms with Gasteiger partial charge in [-0.05, 0) is 62.1 Å². The van der Waals surface area contributed by atoms with Crippen LogP contribution in [0.15, 0.2) is 18.2 Å². The molecule has 1 aromatic carbocycles. The largest absolute Gasteiger partial charge is 0.493 e. The monoisotopic (exact) mass is 259 g/mol.